The predicted molar refractivity (Wildman–Crippen MR) is 112 cm³/mol. The van der Waals surface area contributed by atoms with Gasteiger partial charge in [0, 0.05) is 5.57 Å². The van der Waals surface area contributed by atoms with E-state index in [1.165, 1.54) is 14.2 Å². The van der Waals surface area contributed by atoms with Gasteiger partial charge in [0.05, 0.1) is 34.0 Å². The van der Waals surface area contributed by atoms with E-state index in [9.17, 15) is 9.59 Å². The molecule has 2 aromatic carbocycles. The maximum atomic E-state index is 12.6. The highest BCUT2D eigenvalue weighted by Crippen LogP contribution is 2.39. The molecular weight excluding hydrogens is 400 g/mol. The van der Waals surface area contributed by atoms with Crippen LogP contribution in [-0.4, -0.2) is 50.6 Å². The Morgan fingerprint density at radius 2 is 1.42 bits per heavy atom. The number of carbonyl (C=O) groups is 2. The Hall–Kier alpha value is -3.00. The summed E-state index contributed by atoms with van der Waals surface area (Å²) in [7, 11) is 2.34. The van der Waals surface area contributed by atoms with Gasteiger partial charge in [0.1, 0.15) is 12.2 Å². The van der Waals surface area contributed by atoms with Crippen LogP contribution in [0, 0.1) is 0 Å². The molecular formula is C24H26O7. The van der Waals surface area contributed by atoms with Crippen molar-refractivity contribution in [2.75, 3.05) is 20.8 Å². The summed E-state index contributed by atoms with van der Waals surface area (Å²) in [5.41, 5.74) is -0.0809. The van der Waals surface area contributed by atoms with Crippen molar-refractivity contribution < 1.29 is 33.3 Å². The Kier molecular flexibility index (Phi) is 7.57. The average Bonchev–Trinajstić information content (AvgIpc) is 3.10. The Bertz CT molecular complexity index is 879. The summed E-state index contributed by atoms with van der Waals surface area (Å²) >= 11 is 0. The fourth-order valence-electron chi connectivity index (χ4n) is 3.48. The molecule has 0 aliphatic carbocycles. The van der Waals surface area contributed by atoms with E-state index < -0.39 is 29.7 Å². The average molecular weight is 426 g/mol. The van der Waals surface area contributed by atoms with Crippen molar-refractivity contribution >= 4 is 11.9 Å². The zero-order valence-electron chi connectivity index (χ0n) is 17.6. The minimum atomic E-state index is -2.11. The highest BCUT2D eigenvalue weighted by atomic mass is 16.6. The third-order valence-electron chi connectivity index (χ3n) is 5.07. The summed E-state index contributed by atoms with van der Waals surface area (Å²) in [6.45, 7) is 4.59. The van der Waals surface area contributed by atoms with Crippen LogP contribution in [0.25, 0.3) is 0 Å². The van der Waals surface area contributed by atoms with Gasteiger partial charge in [0.25, 0.3) is 5.60 Å². The van der Waals surface area contributed by atoms with E-state index in [0.717, 1.165) is 11.1 Å². The molecule has 7 nitrogen and oxygen atoms in total. The summed E-state index contributed by atoms with van der Waals surface area (Å²) in [6, 6.07) is 19.1. The molecule has 2 atom stereocenters. The molecule has 3 rings (SSSR count). The Morgan fingerprint density at radius 1 is 0.903 bits per heavy atom. The fourth-order valence-corrected chi connectivity index (χ4v) is 3.48. The normalized spacial score (nSPS) is 19.7. The first kappa shape index (κ1) is 22.7. The van der Waals surface area contributed by atoms with Crippen molar-refractivity contribution in [3.05, 3.63) is 83.9 Å². The van der Waals surface area contributed by atoms with Crippen molar-refractivity contribution in [1.29, 1.82) is 0 Å². The van der Waals surface area contributed by atoms with Crippen LogP contribution in [0.2, 0.25) is 0 Å². The first-order valence-electron chi connectivity index (χ1n) is 9.84. The molecule has 0 spiro atoms. The summed E-state index contributed by atoms with van der Waals surface area (Å²) < 4.78 is 27.4. The maximum Gasteiger partial charge on any atom is 0.354 e. The molecule has 0 bridgehead atoms. The molecule has 2 unspecified atom stereocenters. The topological polar surface area (TPSA) is 80.3 Å². The zero-order valence-corrected chi connectivity index (χ0v) is 17.6. The van der Waals surface area contributed by atoms with Gasteiger partial charge in [-0.2, -0.15) is 0 Å². The Labute approximate surface area is 181 Å². The van der Waals surface area contributed by atoms with Crippen molar-refractivity contribution in [3.63, 3.8) is 0 Å². The minimum absolute atomic E-state index is 0.0725. The summed E-state index contributed by atoms with van der Waals surface area (Å²) in [5, 5.41) is 0. The molecule has 0 saturated carbocycles. The van der Waals surface area contributed by atoms with Crippen LogP contribution in [0.4, 0.5) is 0 Å². The summed E-state index contributed by atoms with van der Waals surface area (Å²) in [5.74, 6) is -1.83. The largest absolute Gasteiger partial charge is 0.466 e. The van der Waals surface area contributed by atoms with Gasteiger partial charge in [0.2, 0.25) is 0 Å². The van der Waals surface area contributed by atoms with E-state index in [1.54, 1.807) is 0 Å². The lowest BCUT2D eigenvalue weighted by molar-refractivity contribution is -0.185. The van der Waals surface area contributed by atoms with Crippen LogP contribution < -0.4 is 0 Å². The SMILES string of the molecule is C=C1C(OCc2ccccc2)C(COCc2ccccc2)OC1(C(=O)OC)C(=O)OC. The minimum Gasteiger partial charge on any atom is -0.466 e. The first-order valence-corrected chi connectivity index (χ1v) is 9.84. The quantitative estimate of drug-likeness (QED) is 0.347. The van der Waals surface area contributed by atoms with E-state index in [-0.39, 0.29) is 18.8 Å². The molecule has 7 heteroatoms. The molecule has 1 saturated heterocycles. The van der Waals surface area contributed by atoms with Crippen LogP contribution >= 0.6 is 0 Å². The standard InChI is InChI=1S/C24H26O7/c1-17-21(30-15-19-12-8-5-9-13-19)20(16-29-14-18-10-6-4-7-11-18)31-24(17,22(25)27-2)23(26)28-3/h4-13,20-21H,1,14-16H2,2-3H3. The third-order valence-corrected chi connectivity index (χ3v) is 5.07. The second-order valence-corrected chi connectivity index (χ2v) is 7.06. The second kappa shape index (κ2) is 10.3. The van der Waals surface area contributed by atoms with Gasteiger partial charge < -0.3 is 23.7 Å². The molecule has 2 aromatic rings. The Balaban J connectivity index is 1.80. The summed E-state index contributed by atoms with van der Waals surface area (Å²) in [6.07, 6.45) is -1.55. The van der Waals surface area contributed by atoms with Crippen molar-refractivity contribution in [3.8, 4) is 0 Å². The van der Waals surface area contributed by atoms with Crippen LogP contribution in [0.3, 0.4) is 0 Å². The number of hydrogen-bond donors (Lipinski definition) is 0. The van der Waals surface area contributed by atoms with Crippen LogP contribution in [-0.2, 0) is 46.5 Å². The van der Waals surface area contributed by atoms with Crippen molar-refractivity contribution in [2.45, 2.75) is 31.0 Å². The number of ether oxygens (including phenoxy) is 5. The molecule has 0 N–H and O–H groups in total. The summed E-state index contributed by atoms with van der Waals surface area (Å²) in [4.78, 5) is 25.2. The lowest BCUT2D eigenvalue weighted by atomic mass is 9.92. The maximum absolute atomic E-state index is 12.6. The molecule has 0 aromatic heterocycles. The van der Waals surface area contributed by atoms with Gasteiger partial charge in [-0.05, 0) is 11.1 Å². The van der Waals surface area contributed by atoms with Crippen molar-refractivity contribution in [1.82, 2.24) is 0 Å². The lowest BCUT2D eigenvalue weighted by Gasteiger charge is -2.24. The predicted octanol–water partition coefficient (Wildman–Crippen LogP) is 2.83. The molecule has 164 valence electrons. The zero-order chi connectivity index (χ0) is 22.3. The first-order chi connectivity index (χ1) is 15.0. The molecule has 1 fully saturated rings. The second-order valence-electron chi connectivity index (χ2n) is 7.06. The number of methoxy groups -OCH3 is 2. The lowest BCUT2D eigenvalue weighted by Crippen LogP contribution is -2.50. The smallest absolute Gasteiger partial charge is 0.354 e. The van der Waals surface area contributed by atoms with E-state index in [2.05, 4.69) is 6.58 Å². The molecule has 1 heterocycles. The van der Waals surface area contributed by atoms with Crippen molar-refractivity contribution in [2.24, 2.45) is 0 Å². The number of esters is 2. The van der Waals surface area contributed by atoms with E-state index in [0.29, 0.717) is 6.61 Å². The van der Waals surface area contributed by atoms with Gasteiger partial charge >= 0.3 is 11.9 Å². The Morgan fingerprint density at radius 3 is 1.94 bits per heavy atom. The monoisotopic (exact) mass is 426 g/mol. The van der Waals surface area contributed by atoms with Gasteiger partial charge in [-0.25, -0.2) is 9.59 Å². The van der Waals surface area contributed by atoms with Crippen LogP contribution in [0.1, 0.15) is 11.1 Å². The highest BCUT2D eigenvalue weighted by molar-refractivity contribution is 6.08. The molecule has 1 aliphatic heterocycles. The van der Waals surface area contributed by atoms with Gasteiger partial charge in [-0.15, -0.1) is 0 Å². The van der Waals surface area contributed by atoms with E-state index >= 15 is 0 Å². The molecule has 0 amide bonds. The number of rotatable bonds is 9. The number of benzene rings is 2. The number of hydrogen-bond acceptors (Lipinski definition) is 7. The van der Waals surface area contributed by atoms with Crippen LogP contribution in [0.5, 0.6) is 0 Å². The van der Waals surface area contributed by atoms with E-state index in [4.69, 9.17) is 23.7 Å². The van der Waals surface area contributed by atoms with Crippen LogP contribution in [0.15, 0.2) is 72.8 Å². The van der Waals surface area contributed by atoms with Gasteiger partial charge in [0.15, 0.2) is 0 Å². The molecule has 31 heavy (non-hydrogen) atoms. The number of carbonyl (C=O) groups excluding carboxylic acids is 2. The van der Waals surface area contributed by atoms with E-state index in [1.807, 2.05) is 60.7 Å². The fraction of sp³-hybridized carbons (Fsp3) is 0.333. The highest BCUT2D eigenvalue weighted by Gasteiger charge is 2.62. The third kappa shape index (κ3) is 4.85. The molecule has 0 radical (unpaired) electrons. The molecule has 1 aliphatic rings. The van der Waals surface area contributed by atoms with Gasteiger partial charge in [-0.3, -0.25) is 0 Å². The van der Waals surface area contributed by atoms with Gasteiger partial charge in [-0.1, -0.05) is 67.2 Å².